The van der Waals surface area contributed by atoms with Crippen LogP contribution in [0.15, 0.2) is 48.8 Å². The second-order valence-electron chi connectivity index (χ2n) is 12.7. The van der Waals surface area contributed by atoms with Gasteiger partial charge in [-0.3, -0.25) is 9.97 Å². The SMILES string of the molecule is COc1nc(-c2cccc(-c3cccc(-c4cnc(CN[C@H]5C[C@](C)(O)C5)c(OC)n4)c3Cl)c2Cl)cnc1CN[C@H]1C[C@](C)(O)C1. The topological polar surface area (TPSA) is 135 Å². The summed E-state index contributed by atoms with van der Waals surface area (Å²) in [5.41, 5.74) is 4.10. The predicted molar refractivity (Wildman–Crippen MR) is 178 cm³/mol. The first-order valence-corrected chi connectivity index (χ1v) is 16.0. The highest BCUT2D eigenvalue weighted by Crippen LogP contribution is 2.42. The Labute approximate surface area is 278 Å². The third-order valence-corrected chi connectivity index (χ3v) is 9.52. The van der Waals surface area contributed by atoms with E-state index in [0.717, 1.165) is 11.1 Å². The molecule has 2 heterocycles. The Morgan fingerprint density at radius 1 is 0.696 bits per heavy atom. The van der Waals surface area contributed by atoms with Crippen molar-refractivity contribution in [3.63, 3.8) is 0 Å². The van der Waals surface area contributed by atoms with Gasteiger partial charge in [-0.15, -0.1) is 0 Å². The van der Waals surface area contributed by atoms with E-state index < -0.39 is 11.2 Å². The number of methoxy groups -OCH3 is 2. The molecule has 0 amide bonds. The lowest BCUT2D eigenvalue weighted by Gasteiger charge is -2.41. The molecule has 0 saturated heterocycles. The largest absolute Gasteiger partial charge is 0.480 e. The average molecular weight is 666 g/mol. The van der Waals surface area contributed by atoms with Crippen LogP contribution in [-0.2, 0) is 13.1 Å². The second kappa shape index (κ2) is 13.0. The molecule has 2 saturated carbocycles. The van der Waals surface area contributed by atoms with E-state index in [1.807, 2.05) is 50.2 Å². The Morgan fingerprint density at radius 2 is 1.07 bits per heavy atom. The molecule has 0 unspecified atom stereocenters. The van der Waals surface area contributed by atoms with Crippen LogP contribution in [0.5, 0.6) is 11.8 Å². The zero-order valence-electron chi connectivity index (χ0n) is 26.3. The standard InChI is InChI=1S/C34H38Cl2N6O4/c1-33(43)11-19(12-33)37-17-27-31(45-3)41-25(15-39-27)23-9-5-7-21(29(23)35)22-8-6-10-24(30(22)36)26-16-40-28(32(42-26)46-4)18-38-20-13-34(2,44)14-20/h5-10,15-16,19-20,37-38,43-44H,11-14,17-18H2,1-4H3/t19-,20-,33-,34-. The third-order valence-electron chi connectivity index (χ3n) is 8.71. The monoisotopic (exact) mass is 664 g/mol. The molecule has 0 radical (unpaired) electrons. The molecule has 2 aliphatic carbocycles. The smallest absolute Gasteiger partial charge is 0.237 e. The van der Waals surface area contributed by atoms with Gasteiger partial charge < -0.3 is 30.3 Å². The van der Waals surface area contributed by atoms with E-state index in [0.29, 0.717) is 94.5 Å². The van der Waals surface area contributed by atoms with Crippen LogP contribution in [0.25, 0.3) is 33.6 Å². The molecular weight excluding hydrogens is 627 g/mol. The van der Waals surface area contributed by atoms with Gasteiger partial charge in [-0.2, -0.15) is 0 Å². The van der Waals surface area contributed by atoms with Crippen molar-refractivity contribution in [2.45, 2.75) is 75.9 Å². The average Bonchev–Trinajstić information content (AvgIpc) is 3.01. The second-order valence-corrected chi connectivity index (χ2v) is 13.5. The number of hydrogen-bond donors (Lipinski definition) is 4. The fourth-order valence-electron chi connectivity index (χ4n) is 6.27. The molecule has 242 valence electrons. The van der Waals surface area contributed by atoms with Gasteiger partial charge in [-0.05, 0) is 39.5 Å². The third kappa shape index (κ3) is 6.83. The number of hydrogen-bond acceptors (Lipinski definition) is 10. The maximum atomic E-state index is 10.0. The van der Waals surface area contributed by atoms with Crippen LogP contribution in [0.2, 0.25) is 10.0 Å². The number of aliphatic hydroxyl groups is 2. The van der Waals surface area contributed by atoms with E-state index >= 15 is 0 Å². The summed E-state index contributed by atoms with van der Waals surface area (Å²) in [5, 5.41) is 27.8. The molecule has 4 aromatic rings. The summed E-state index contributed by atoms with van der Waals surface area (Å²) in [6.45, 7) is 4.63. The molecule has 0 atom stereocenters. The summed E-state index contributed by atoms with van der Waals surface area (Å²) in [7, 11) is 3.13. The van der Waals surface area contributed by atoms with Gasteiger partial charge in [0.05, 0.1) is 59.2 Å². The number of benzene rings is 2. The fraction of sp³-hybridized carbons (Fsp3) is 0.412. The van der Waals surface area contributed by atoms with Crippen LogP contribution in [0, 0.1) is 0 Å². The van der Waals surface area contributed by atoms with Crippen molar-refractivity contribution in [1.82, 2.24) is 30.6 Å². The lowest BCUT2D eigenvalue weighted by Crippen LogP contribution is -2.51. The first kappa shape index (κ1) is 32.6. The summed E-state index contributed by atoms with van der Waals surface area (Å²) >= 11 is 14.1. The van der Waals surface area contributed by atoms with Crippen molar-refractivity contribution in [2.24, 2.45) is 0 Å². The van der Waals surface area contributed by atoms with Crippen LogP contribution in [-0.4, -0.2) is 67.7 Å². The Kier molecular flexibility index (Phi) is 9.22. The highest BCUT2D eigenvalue weighted by atomic mass is 35.5. The summed E-state index contributed by atoms with van der Waals surface area (Å²) in [4.78, 5) is 18.7. The van der Waals surface area contributed by atoms with Gasteiger partial charge in [0, 0.05) is 47.4 Å². The Balaban J connectivity index is 1.23. The van der Waals surface area contributed by atoms with Crippen LogP contribution in [0.4, 0.5) is 0 Å². The first-order chi connectivity index (χ1) is 22.0. The van der Waals surface area contributed by atoms with Gasteiger partial charge in [-0.1, -0.05) is 59.6 Å². The first-order valence-electron chi connectivity index (χ1n) is 15.3. The molecule has 0 aliphatic heterocycles. The Hall–Kier alpha value is -3.38. The lowest BCUT2D eigenvalue weighted by molar-refractivity contribution is -0.0399. The van der Waals surface area contributed by atoms with Crippen molar-refractivity contribution in [1.29, 1.82) is 0 Å². The number of halogens is 2. The number of rotatable bonds is 11. The maximum Gasteiger partial charge on any atom is 0.237 e. The highest BCUT2D eigenvalue weighted by Gasteiger charge is 2.38. The number of ether oxygens (including phenoxy) is 2. The van der Waals surface area contributed by atoms with Crippen LogP contribution >= 0.6 is 23.2 Å². The highest BCUT2D eigenvalue weighted by molar-refractivity contribution is 6.39. The molecule has 0 bridgehead atoms. The zero-order valence-corrected chi connectivity index (χ0v) is 27.8. The number of nitrogens with one attached hydrogen (secondary N) is 2. The van der Waals surface area contributed by atoms with Gasteiger partial charge in [0.1, 0.15) is 11.4 Å². The molecule has 0 spiro atoms. The summed E-state index contributed by atoms with van der Waals surface area (Å²) in [6, 6.07) is 11.8. The quantitative estimate of drug-likeness (QED) is 0.161. The van der Waals surface area contributed by atoms with Gasteiger partial charge >= 0.3 is 0 Å². The van der Waals surface area contributed by atoms with Crippen molar-refractivity contribution in [3.05, 3.63) is 70.2 Å². The van der Waals surface area contributed by atoms with Gasteiger partial charge in [0.15, 0.2) is 0 Å². The molecule has 12 heteroatoms. The number of aromatic nitrogens is 4. The maximum absolute atomic E-state index is 10.0. The Bertz CT molecular complexity index is 1610. The minimum absolute atomic E-state index is 0.228. The van der Waals surface area contributed by atoms with Crippen molar-refractivity contribution < 1.29 is 19.7 Å². The molecule has 2 fully saturated rings. The van der Waals surface area contributed by atoms with E-state index in [-0.39, 0.29) is 12.1 Å². The van der Waals surface area contributed by atoms with E-state index in [2.05, 4.69) is 20.6 Å². The molecule has 2 aromatic heterocycles. The Morgan fingerprint density at radius 3 is 1.41 bits per heavy atom. The van der Waals surface area contributed by atoms with E-state index in [1.165, 1.54) is 0 Å². The van der Waals surface area contributed by atoms with Crippen molar-refractivity contribution in [3.8, 4) is 45.4 Å². The van der Waals surface area contributed by atoms with E-state index in [9.17, 15) is 10.2 Å². The minimum Gasteiger partial charge on any atom is -0.480 e. The molecule has 2 aliphatic rings. The molecule has 46 heavy (non-hydrogen) atoms. The number of nitrogens with zero attached hydrogens (tertiary/aromatic N) is 4. The molecule has 10 nitrogen and oxygen atoms in total. The van der Waals surface area contributed by atoms with Crippen LogP contribution in [0.1, 0.15) is 50.9 Å². The van der Waals surface area contributed by atoms with Crippen molar-refractivity contribution >= 4 is 23.2 Å². The predicted octanol–water partition coefficient (Wildman–Crippen LogP) is 5.60. The molecular formula is C34H38Cl2N6O4. The van der Waals surface area contributed by atoms with E-state index in [4.69, 9.17) is 42.6 Å². The normalized spacial score (nSPS) is 23.8. The molecule has 2 aromatic carbocycles. The molecule has 6 rings (SSSR count). The van der Waals surface area contributed by atoms with Gasteiger partial charge in [0.2, 0.25) is 11.8 Å². The lowest BCUT2D eigenvalue weighted by atomic mass is 9.77. The summed E-state index contributed by atoms with van der Waals surface area (Å²) < 4.78 is 11.2. The summed E-state index contributed by atoms with van der Waals surface area (Å²) in [5.74, 6) is 0.812. The van der Waals surface area contributed by atoms with E-state index in [1.54, 1.807) is 26.6 Å². The summed E-state index contributed by atoms with van der Waals surface area (Å²) in [6.07, 6.45) is 6.16. The van der Waals surface area contributed by atoms with Gasteiger partial charge in [0.25, 0.3) is 0 Å². The zero-order chi connectivity index (χ0) is 32.6. The fourth-order valence-corrected chi connectivity index (χ4v) is 6.92. The van der Waals surface area contributed by atoms with Crippen molar-refractivity contribution in [2.75, 3.05) is 14.2 Å². The van der Waals surface area contributed by atoms with Crippen LogP contribution < -0.4 is 20.1 Å². The van der Waals surface area contributed by atoms with Gasteiger partial charge in [-0.25, -0.2) is 9.97 Å². The van der Waals surface area contributed by atoms with Crippen LogP contribution in [0.3, 0.4) is 0 Å². The minimum atomic E-state index is -0.607. The molecule has 4 N–H and O–H groups in total.